The predicted octanol–water partition coefficient (Wildman–Crippen LogP) is 4.68. The van der Waals surface area contributed by atoms with Crippen molar-refractivity contribution in [1.82, 2.24) is 40.7 Å². The zero-order valence-corrected chi connectivity index (χ0v) is 41.3. The van der Waals surface area contributed by atoms with Crippen LogP contribution in [0.2, 0.25) is 19.1 Å². The topological polar surface area (TPSA) is 235 Å². The van der Waals surface area contributed by atoms with Crippen LogP contribution in [0.25, 0.3) is 0 Å². The van der Waals surface area contributed by atoms with Gasteiger partial charge in [0.1, 0.15) is 11.8 Å². The molecule has 7 atom stereocenters. The molecule has 2 heterocycles. The van der Waals surface area contributed by atoms with Gasteiger partial charge < -0.3 is 40.2 Å². The van der Waals surface area contributed by atoms with Gasteiger partial charge in [-0.3, -0.25) is 33.7 Å². The molecule has 2 aromatic rings. The molecular formula is C46H76N8O10Si. The molecule has 18 nitrogen and oxygen atoms in total. The lowest BCUT2D eigenvalue weighted by atomic mass is 9.93. The number of ether oxygens (including phenoxy) is 2. The summed E-state index contributed by atoms with van der Waals surface area (Å²) in [7, 11) is -0.351. The molecule has 1 unspecified atom stereocenters. The molecule has 3 rings (SSSR count). The minimum absolute atomic E-state index is 0.0648. The van der Waals surface area contributed by atoms with Crippen LogP contribution in [0.1, 0.15) is 129 Å². The van der Waals surface area contributed by atoms with Gasteiger partial charge in [0, 0.05) is 44.3 Å². The van der Waals surface area contributed by atoms with Gasteiger partial charge >= 0.3 is 11.9 Å². The SMILES string of the molecule is CCCC(=O)OCN(C(=O)[C@H](NC(=O)C1CCCCN1C)[C@@H](C)CC)[C@@H](C[C@H](OC(C)=O)n1ncc(C(=O)N[C@H](Cc2ccc(O)cc2)C[C@@H](C)C(=O)NCCC[Si](C)(C)O)n1)C(C)C. The summed E-state index contributed by atoms with van der Waals surface area (Å²) >= 11 is 0. The standard InChI is InChI=1S/C46H76N8O10Si/c1-11-16-41(57)63-29-53(46(61)42(31(5)12-2)50-45(60)38-17-13-14-23-52(38)8)39(30(3)4)27-40(64-33(7)55)54-48-28-37(51-54)44(59)49-35(26-34-18-20-36(56)21-19-34)25-32(6)43(58)47-22-15-24-65(9,10)62/h18-21,28,30-32,35,38-40,42,56,62H,11-17,22-27,29H2,1-10H3,(H,47,58)(H,49,59)(H,50,60)/t31-,32+,35-,38?,39-,40-,42+/m0/s1. The van der Waals surface area contributed by atoms with Crippen molar-refractivity contribution in [3.63, 3.8) is 0 Å². The Morgan fingerprint density at radius 2 is 1.69 bits per heavy atom. The molecule has 1 fully saturated rings. The number of aromatic nitrogens is 3. The van der Waals surface area contributed by atoms with E-state index >= 15 is 0 Å². The van der Waals surface area contributed by atoms with Crippen molar-refractivity contribution in [3.05, 3.63) is 41.7 Å². The highest BCUT2D eigenvalue weighted by Gasteiger charge is 2.39. The Morgan fingerprint density at radius 3 is 2.29 bits per heavy atom. The quantitative estimate of drug-likeness (QED) is 0.0374. The molecule has 1 aliphatic rings. The lowest BCUT2D eigenvalue weighted by Gasteiger charge is -2.39. The molecule has 0 spiro atoms. The van der Waals surface area contributed by atoms with E-state index in [1.165, 1.54) is 18.0 Å². The van der Waals surface area contributed by atoms with Crippen LogP contribution in [-0.2, 0) is 39.9 Å². The first-order valence-corrected chi connectivity index (χ1v) is 26.4. The number of carbonyl (C=O) groups excluding carboxylic acids is 6. The summed E-state index contributed by atoms with van der Waals surface area (Å²) in [6.07, 6.45) is 4.99. The molecule has 0 saturated carbocycles. The average Bonchev–Trinajstić information content (AvgIpc) is 3.74. The molecule has 1 aromatic heterocycles. The lowest BCUT2D eigenvalue weighted by Crippen LogP contribution is -2.59. The van der Waals surface area contributed by atoms with Crippen LogP contribution in [0.3, 0.4) is 0 Å². The van der Waals surface area contributed by atoms with Gasteiger partial charge in [0.05, 0.1) is 12.2 Å². The molecular weight excluding hydrogens is 853 g/mol. The summed E-state index contributed by atoms with van der Waals surface area (Å²) in [5.41, 5.74) is 0.714. The number of phenols is 1. The van der Waals surface area contributed by atoms with E-state index in [2.05, 4.69) is 26.1 Å². The Labute approximate surface area is 386 Å². The van der Waals surface area contributed by atoms with Gasteiger partial charge in [0.2, 0.25) is 23.9 Å². The summed E-state index contributed by atoms with van der Waals surface area (Å²) in [5.74, 6) is -3.66. The second kappa shape index (κ2) is 26.3. The number of phenolic OH excluding ortho intramolecular Hbond substituents is 1. The second-order valence-electron chi connectivity index (χ2n) is 18.6. The first kappa shape index (κ1) is 54.5. The number of amides is 4. The van der Waals surface area contributed by atoms with E-state index < -0.39 is 75.1 Å². The number of hydrogen-bond acceptors (Lipinski definition) is 13. The van der Waals surface area contributed by atoms with Gasteiger partial charge in [-0.15, -0.1) is 9.90 Å². The Balaban J connectivity index is 1.92. The maximum atomic E-state index is 14.8. The fourth-order valence-electron chi connectivity index (χ4n) is 7.93. The third kappa shape index (κ3) is 18.1. The third-order valence-electron chi connectivity index (χ3n) is 12.0. The number of rotatable bonds is 26. The number of esters is 2. The van der Waals surface area contributed by atoms with E-state index in [1.54, 1.807) is 31.2 Å². The molecule has 0 aliphatic carbocycles. The predicted molar refractivity (Wildman–Crippen MR) is 247 cm³/mol. The van der Waals surface area contributed by atoms with E-state index in [0.717, 1.165) is 29.7 Å². The Bertz CT molecular complexity index is 1850. The van der Waals surface area contributed by atoms with Crippen LogP contribution >= 0.6 is 0 Å². The smallest absolute Gasteiger partial charge is 0.307 e. The van der Waals surface area contributed by atoms with Gasteiger partial charge in [-0.05, 0) is 101 Å². The van der Waals surface area contributed by atoms with Crippen LogP contribution in [-0.4, -0.2) is 130 Å². The Morgan fingerprint density at radius 1 is 1.00 bits per heavy atom. The van der Waals surface area contributed by atoms with Crippen molar-refractivity contribution in [3.8, 4) is 5.75 Å². The minimum atomic E-state index is -2.25. The number of nitrogens with zero attached hydrogens (tertiary/aromatic N) is 5. The fraction of sp³-hybridized carbons (Fsp3) is 0.696. The number of nitrogens with one attached hydrogen (secondary N) is 3. The van der Waals surface area contributed by atoms with E-state index in [4.69, 9.17) is 9.47 Å². The van der Waals surface area contributed by atoms with Crippen molar-refractivity contribution in [2.75, 3.05) is 26.9 Å². The number of aromatic hydroxyl groups is 1. The average molecular weight is 929 g/mol. The highest BCUT2D eigenvalue weighted by Crippen LogP contribution is 2.27. The third-order valence-corrected chi connectivity index (χ3v) is 13.5. The second-order valence-corrected chi connectivity index (χ2v) is 22.7. The van der Waals surface area contributed by atoms with E-state index in [-0.39, 0.29) is 54.4 Å². The minimum Gasteiger partial charge on any atom is -0.508 e. The summed E-state index contributed by atoms with van der Waals surface area (Å²) < 4.78 is 11.4. The van der Waals surface area contributed by atoms with Crippen molar-refractivity contribution < 1.29 is 48.1 Å². The molecule has 65 heavy (non-hydrogen) atoms. The fourth-order valence-corrected chi connectivity index (χ4v) is 8.98. The first-order chi connectivity index (χ1) is 30.6. The molecule has 364 valence electrons. The summed E-state index contributed by atoms with van der Waals surface area (Å²) in [4.78, 5) is 95.7. The van der Waals surface area contributed by atoms with E-state index in [9.17, 15) is 38.7 Å². The number of carbonyl (C=O) groups is 6. The van der Waals surface area contributed by atoms with Crippen molar-refractivity contribution in [2.24, 2.45) is 17.8 Å². The number of likely N-dealkylation sites (N-methyl/N-ethyl adjacent to an activating group) is 1. The Hall–Kier alpha value is -4.88. The van der Waals surface area contributed by atoms with Crippen LogP contribution in [0.5, 0.6) is 5.75 Å². The Kier molecular flexibility index (Phi) is 22.0. The van der Waals surface area contributed by atoms with E-state index in [0.29, 0.717) is 44.7 Å². The number of likely N-dealkylation sites (tertiary alicyclic amines) is 1. The van der Waals surface area contributed by atoms with Crippen LogP contribution in [0.15, 0.2) is 30.5 Å². The maximum absolute atomic E-state index is 14.8. The van der Waals surface area contributed by atoms with Gasteiger partial charge in [0.25, 0.3) is 5.91 Å². The van der Waals surface area contributed by atoms with Crippen LogP contribution < -0.4 is 16.0 Å². The molecule has 5 N–H and O–H groups in total. The summed E-state index contributed by atoms with van der Waals surface area (Å²) in [6, 6.07) is 4.57. The largest absolute Gasteiger partial charge is 0.508 e. The normalized spacial score (nSPS) is 17.2. The van der Waals surface area contributed by atoms with Gasteiger partial charge in [0.15, 0.2) is 20.7 Å². The highest BCUT2D eigenvalue weighted by atomic mass is 28.4. The van der Waals surface area contributed by atoms with E-state index in [1.807, 2.05) is 59.7 Å². The molecule has 0 radical (unpaired) electrons. The molecule has 1 aromatic carbocycles. The summed E-state index contributed by atoms with van der Waals surface area (Å²) in [6.45, 7) is 16.9. The molecule has 1 aliphatic heterocycles. The molecule has 0 bridgehead atoms. The summed E-state index contributed by atoms with van der Waals surface area (Å²) in [5, 5.41) is 27.6. The first-order valence-electron chi connectivity index (χ1n) is 23.3. The van der Waals surface area contributed by atoms with Gasteiger partial charge in [-0.1, -0.05) is 66.5 Å². The monoisotopic (exact) mass is 929 g/mol. The van der Waals surface area contributed by atoms with Crippen LogP contribution in [0.4, 0.5) is 0 Å². The van der Waals surface area contributed by atoms with Crippen molar-refractivity contribution in [1.29, 1.82) is 0 Å². The number of hydrogen-bond donors (Lipinski definition) is 5. The lowest BCUT2D eigenvalue weighted by molar-refractivity contribution is -0.163. The highest BCUT2D eigenvalue weighted by molar-refractivity contribution is 6.69. The van der Waals surface area contributed by atoms with Crippen molar-refractivity contribution in [2.45, 2.75) is 162 Å². The zero-order chi connectivity index (χ0) is 48.4. The molecule has 19 heteroatoms. The molecule has 4 amide bonds. The van der Waals surface area contributed by atoms with Crippen LogP contribution in [0, 0.1) is 17.8 Å². The number of piperidine rings is 1. The molecule has 1 saturated heterocycles. The number of benzene rings is 1. The van der Waals surface area contributed by atoms with Gasteiger partial charge in [-0.2, -0.15) is 5.10 Å². The maximum Gasteiger partial charge on any atom is 0.307 e. The van der Waals surface area contributed by atoms with Crippen molar-refractivity contribution >= 4 is 43.9 Å². The van der Waals surface area contributed by atoms with Gasteiger partial charge in [-0.25, -0.2) is 0 Å². The zero-order valence-electron chi connectivity index (χ0n) is 40.3.